The molecule has 4 rings (SSSR count). The Morgan fingerprint density at radius 2 is 1.89 bits per heavy atom. The zero-order valence-electron chi connectivity index (χ0n) is 15.0. The Hall–Kier alpha value is -2.18. The highest BCUT2D eigenvalue weighted by Crippen LogP contribution is 2.50. The fourth-order valence-electron chi connectivity index (χ4n) is 3.66. The summed E-state index contributed by atoms with van der Waals surface area (Å²) >= 11 is 0. The standard InChI is InChI=1S/C21H23FN2O2S/c22-17-8-9-20-18(13-17)19(14-23-20)21(10-11-21)15-24-27(25,26)12-4-7-16-5-2-1-3-6-16/h1-3,5-6,8-9,13-14,23-24H,4,7,10-12,15H2. The van der Waals surface area contributed by atoms with Crippen LogP contribution in [0.3, 0.4) is 0 Å². The Balaban J connectivity index is 1.39. The average Bonchev–Trinajstić information content (AvgIpc) is 3.33. The summed E-state index contributed by atoms with van der Waals surface area (Å²) in [7, 11) is -3.33. The van der Waals surface area contributed by atoms with Crippen molar-refractivity contribution in [1.82, 2.24) is 9.71 Å². The highest BCUT2D eigenvalue weighted by atomic mass is 32.2. The molecule has 4 nitrogen and oxygen atoms in total. The van der Waals surface area contributed by atoms with Crippen LogP contribution in [0.5, 0.6) is 0 Å². The molecule has 142 valence electrons. The van der Waals surface area contributed by atoms with Crippen molar-refractivity contribution >= 4 is 20.9 Å². The van der Waals surface area contributed by atoms with Crippen LogP contribution < -0.4 is 4.72 Å². The lowest BCUT2D eigenvalue weighted by Gasteiger charge is -2.16. The number of halogens is 1. The van der Waals surface area contributed by atoms with Gasteiger partial charge in [0.15, 0.2) is 0 Å². The monoisotopic (exact) mass is 386 g/mol. The minimum atomic E-state index is -3.33. The number of nitrogens with one attached hydrogen (secondary N) is 2. The average molecular weight is 386 g/mol. The normalized spacial score (nSPS) is 15.9. The number of fused-ring (bicyclic) bond motifs is 1. The Kier molecular flexibility index (Phi) is 4.78. The third-order valence-corrected chi connectivity index (χ3v) is 6.83. The minimum Gasteiger partial charge on any atom is -0.361 e. The van der Waals surface area contributed by atoms with E-state index in [-0.39, 0.29) is 17.0 Å². The van der Waals surface area contributed by atoms with E-state index in [1.54, 1.807) is 6.07 Å². The molecule has 1 fully saturated rings. The molecule has 1 saturated carbocycles. The number of hydrogen-bond donors (Lipinski definition) is 2. The number of H-pyrrole nitrogens is 1. The first-order valence-electron chi connectivity index (χ1n) is 9.26. The van der Waals surface area contributed by atoms with E-state index in [1.165, 1.54) is 12.1 Å². The van der Waals surface area contributed by atoms with Crippen molar-refractivity contribution in [3.8, 4) is 0 Å². The summed E-state index contributed by atoms with van der Waals surface area (Å²) in [6, 6.07) is 14.6. The van der Waals surface area contributed by atoms with Crippen LogP contribution in [0.1, 0.15) is 30.4 Å². The van der Waals surface area contributed by atoms with Crippen LogP contribution in [0.15, 0.2) is 54.7 Å². The van der Waals surface area contributed by atoms with Crippen LogP contribution in [-0.4, -0.2) is 25.7 Å². The smallest absolute Gasteiger partial charge is 0.211 e. The van der Waals surface area contributed by atoms with E-state index in [0.29, 0.717) is 13.0 Å². The van der Waals surface area contributed by atoms with Gasteiger partial charge in [-0.15, -0.1) is 0 Å². The van der Waals surface area contributed by atoms with Gasteiger partial charge in [-0.1, -0.05) is 30.3 Å². The van der Waals surface area contributed by atoms with Crippen LogP contribution in [0.2, 0.25) is 0 Å². The molecule has 2 aromatic carbocycles. The van der Waals surface area contributed by atoms with Crippen molar-refractivity contribution in [2.24, 2.45) is 0 Å². The van der Waals surface area contributed by atoms with E-state index in [1.807, 2.05) is 36.5 Å². The number of rotatable bonds is 8. The molecular weight excluding hydrogens is 363 g/mol. The van der Waals surface area contributed by atoms with Gasteiger partial charge in [0.05, 0.1) is 5.75 Å². The first kappa shape index (κ1) is 18.2. The van der Waals surface area contributed by atoms with E-state index in [9.17, 15) is 12.8 Å². The fraction of sp³-hybridized carbons (Fsp3) is 0.333. The predicted molar refractivity (Wildman–Crippen MR) is 106 cm³/mol. The second-order valence-electron chi connectivity index (χ2n) is 7.40. The van der Waals surface area contributed by atoms with E-state index in [2.05, 4.69) is 9.71 Å². The molecule has 27 heavy (non-hydrogen) atoms. The van der Waals surface area contributed by atoms with Gasteiger partial charge in [-0.05, 0) is 55.0 Å². The molecule has 3 aromatic rings. The highest BCUT2D eigenvalue weighted by Gasteiger charge is 2.46. The van der Waals surface area contributed by atoms with Gasteiger partial charge in [-0.25, -0.2) is 17.5 Å². The van der Waals surface area contributed by atoms with Gasteiger partial charge in [-0.2, -0.15) is 0 Å². The number of aromatic nitrogens is 1. The summed E-state index contributed by atoms with van der Waals surface area (Å²) < 4.78 is 41.2. The van der Waals surface area contributed by atoms with Crippen molar-refractivity contribution in [3.05, 3.63) is 71.7 Å². The van der Waals surface area contributed by atoms with Crippen LogP contribution in [-0.2, 0) is 21.9 Å². The topological polar surface area (TPSA) is 62.0 Å². The van der Waals surface area contributed by atoms with Gasteiger partial charge < -0.3 is 4.98 Å². The van der Waals surface area contributed by atoms with Crippen LogP contribution >= 0.6 is 0 Å². The van der Waals surface area contributed by atoms with Gasteiger partial charge in [0.1, 0.15) is 5.82 Å². The number of benzene rings is 2. The lowest BCUT2D eigenvalue weighted by molar-refractivity contribution is 0.565. The second-order valence-corrected chi connectivity index (χ2v) is 9.33. The first-order valence-corrected chi connectivity index (χ1v) is 10.9. The third kappa shape index (κ3) is 4.06. The Labute approximate surface area is 158 Å². The SMILES string of the molecule is O=S(=O)(CCCc1ccccc1)NCC1(c2c[nH]c3ccc(F)cc23)CC1. The molecule has 0 spiro atoms. The zero-order chi connectivity index (χ0) is 18.9. The minimum absolute atomic E-state index is 0.112. The predicted octanol–water partition coefficient (Wildman–Crippen LogP) is 3.89. The van der Waals surface area contributed by atoms with Gasteiger partial charge in [0.2, 0.25) is 10.0 Å². The Morgan fingerprint density at radius 1 is 1.11 bits per heavy atom. The van der Waals surface area contributed by atoms with Crippen molar-refractivity contribution < 1.29 is 12.8 Å². The molecule has 0 bridgehead atoms. The quantitative estimate of drug-likeness (QED) is 0.617. The van der Waals surface area contributed by atoms with Crippen molar-refractivity contribution in [2.45, 2.75) is 31.1 Å². The molecule has 0 aliphatic heterocycles. The summed E-state index contributed by atoms with van der Waals surface area (Å²) in [4.78, 5) is 3.17. The zero-order valence-corrected chi connectivity index (χ0v) is 15.9. The van der Waals surface area contributed by atoms with E-state index in [4.69, 9.17) is 0 Å². The highest BCUT2D eigenvalue weighted by molar-refractivity contribution is 7.89. The van der Waals surface area contributed by atoms with E-state index < -0.39 is 10.0 Å². The summed E-state index contributed by atoms with van der Waals surface area (Å²) in [6.07, 6.45) is 5.03. The molecule has 2 N–H and O–H groups in total. The summed E-state index contributed by atoms with van der Waals surface area (Å²) in [5.74, 6) is -0.166. The largest absolute Gasteiger partial charge is 0.361 e. The second kappa shape index (κ2) is 7.09. The lowest BCUT2D eigenvalue weighted by Crippen LogP contribution is -2.34. The summed E-state index contributed by atoms with van der Waals surface area (Å²) in [5.41, 5.74) is 2.80. The first-order chi connectivity index (χ1) is 13.0. The van der Waals surface area contributed by atoms with Gasteiger partial charge >= 0.3 is 0 Å². The number of hydrogen-bond acceptors (Lipinski definition) is 2. The maximum Gasteiger partial charge on any atom is 0.211 e. The molecule has 0 atom stereocenters. The Morgan fingerprint density at radius 3 is 2.63 bits per heavy atom. The van der Waals surface area contributed by atoms with Gasteiger partial charge in [0, 0.05) is 29.1 Å². The number of aryl methyl sites for hydroxylation is 1. The number of sulfonamides is 1. The van der Waals surface area contributed by atoms with Crippen LogP contribution in [0.4, 0.5) is 4.39 Å². The van der Waals surface area contributed by atoms with Crippen LogP contribution in [0, 0.1) is 5.82 Å². The molecule has 1 aliphatic carbocycles. The van der Waals surface area contributed by atoms with Crippen molar-refractivity contribution in [2.75, 3.05) is 12.3 Å². The molecule has 0 radical (unpaired) electrons. The maximum atomic E-state index is 13.6. The van der Waals surface area contributed by atoms with E-state index in [0.717, 1.165) is 41.3 Å². The fourth-order valence-corrected chi connectivity index (χ4v) is 4.82. The summed E-state index contributed by atoms with van der Waals surface area (Å²) in [6.45, 7) is 0.365. The molecule has 1 aromatic heterocycles. The molecule has 0 unspecified atom stereocenters. The van der Waals surface area contributed by atoms with Gasteiger partial charge in [0.25, 0.3) is 0 Å². The van der Waals surface area contributed by atoms with E-state index >= 15 is 0 Å². The lowest BCUT2D eigenvalue weighted by atomic mass is 9.96. The molecule has 0 saturated heterocycles. The van der Waals surface area contributed by atoms with Crippen molar-refractivity contribution in [1.29, 1.82) is 0 Å². The third-order valence-electron chi connectivity index (χ3n) is 5.42. The molecule has 6 heteroatoms. The summed E-state index contributed by atoms with van der Waals surface area (Å²) in [5, 5.41) is 0.843. The van der Waals surface area contributed by atoms with Crippen LogP contribution in [0.25, 0.3) is 10.9 Å². The van der Waals surface area contributed by atoms with Crippen molar-refractivity contribution in [3.63, 3.8) is 0 Å². The maximum absolute atomic E-state index is 13.6. The molecule has 0 amide bonds. The number of aromatic amines is 1. The van der Waals surface area contributed by atoms with Gasteiger partial charge in [-0.3, -0.25) is 0 Å². The molecule has 1 aliphatic rings. The molecule has 1 heterocycles. The molecular formula is C21H23FN2O2S. The Bertz CT molecular complexity index is 1040.